The summed E-state index contributed by atoms with van der Waals surface area (Å²) in [6.45, 7) is 0. The quantitative estimate of drug-likeness (QED) is 0.519. The molecule has 26 heavy (non-hydrogen) atoms. The summed E-state index contributed by atoms with van der Waals surface area (Å²) in [6.07, 6.45) is 1.65. The molecule has 0 unspecified atom stereocenters. The number of aromatic amines is 1. The zero-order valence-corrected chi connectivity index (χ0v) is 15.0. The topological polar surface area (TPSA) is 87.2 Å². The Morgan fingerprint density at radius 1 is 1.15 bits per heavy atom. The van der Waals surface area contributed by atoms with Crippen LogP contribution >= 0.6 is 23.2 Å². The second-order valence-corrected chi connectivity index (χ2v) is 6.27. The summed E-state index contributed by atoms with van der Waals surface area (Å²) in [4.78, 5) is 31.0. The van der Waals surface area contributed by atoms with Gasteiger partial charge in [0.25, 0.3) is 5.56 Å². The van der Waals surface area contributed by atoms with E-state index in [9.17, 15) is 9.59 Å². The third-order valence-electron chi connectivity index (χ3n) is 3.64. The van der Waals surface area contributed by atoms with Crippen LogP contribution in [0.5, 0.6) is 0 Å². The highest BCUT2D eigenvalue weighted by Gasteiger charge is 2.08. The van der Waals surface area contributed by atoms with E-state index >= 15 is 0 Å². The van der Waals surface area contributed by atoms with Crippen LogP contribution in [-0.4, -0.2) is 22.1 Å². The van der Waals surface area contributed by atoms with Crippen LogP contribution in [0.4, 0.5) is 0 Å². The molecule has 0 bridgehead atoms. The van der Waals surface area contributed by atoms with Gasteiger partial charge in [-0.05, 0) is 24.3 Å². The number of nitrogens with zero attached hydrogens (tertiary/aromatic N) is 2. The number of amides is 1. The molecular formula is C18H14Cl2N4O2. The second-order valence-electron chi connectivity index (χ2n) is 5.46. The summed E-state index contributed by atoms with van der Waals surface area (Å²) in [5, 5.41) is 4.71. The van der Waals surface area contributed by atoms with E-state index in [1.54, 1.807) is 30.3 Å². The van der Waals surface area contributed by atoms with Gasteiger partial charge in [0.2, 0.25) is 5.91 Å². The molecule has 1 heterocycles. The minimum Gasteiger partial charge on any atom is -0.319 e. The van der Waals surface area contributed by atoms with Crippen molar-refractivity contribution in [3.8, 4) is 0 Å². The van der Waals surface area contributed by atoms with Crippen molar-refractivity contribution in [1.82, 2.24) is 15.4 Å². The molecule has 0 spiro atoms. The maximum Gasteiger partial charge on any atom is 0.270 e. The highest BCUT2D eigenvalue weighted by molar-refractivity contribution is 6.38. The lowest BCUT2D eigenvalue weighted by Crippen LogP contribution is -2.21. The van der Waals surface area contributed by atoms with Gasteiger partial charge in [0, 0.05) is 18.4 Å². The molecule has 0 atom stereocenters. The molecule has 1 aromatic heterocycles. The summed E-state index contributed by atoms with van der Waals surface area (Å²) in [5.74, 6) is -0.348. The first-order chi connectivity index (χ1) is 12.5. The van der Waals surface area contributed by atoms with E-state index in [-0.39, 0.29) is 24.3 Å². The Morgan fingerprint density at radius 2 is 1.88 bits per heavy atom. The molecule has 3 aromatic rings. The molecule has 0 aliphatic rings. The SMILES string of the molecule is O=C(CCc1nc2ccccc2[nH]c1=O)N/N=C/c1c(Cl)cccc1Cl. The number of carbonyl (C=O) groups excluding carboxylic acids is 1. The number of halogens is 2. The highest BCUT2D eigenvalue weighted by atomic mass is 35.5. The van der Waals surface area contributed by atoms with Crippen LogP contribution in [0.3, 0.4) is 0 Å². The first-order valence-electron chi connectivity index (χ1n) is 7.78. The van der Waals surface area contributed by atoms with Crippen molar-refractivity contribution in [2.24, 2.45) is 5.10 Å². The Kier molecular flexibility index (Phi) is 5.65. The monoisotopic (exact) mass is 388 g/mol. The highest BCUT2D eigenvalue weighted by Crippen LogP contribution is 2.21. The molecule has 0 saturated heterocycles. The summed E-state index contributed by atoms with van der Waals surface area (Å²) in [5.41, 5.74) is 4.24. The predicted octanol–water partition coefficient (Wildman–Crippen LogP) is 3.31. The molecule has 0 aliphatic heterocycles. The van der Waals surface area contributed by atoms with Crippen molar-refractivity contribution < 1.29 is 4.79 Å². The van der Waals surface area contributed by atoms with Gasteiger partial charge in [0.05, 0.1) is 27.3 Å². The van der Waals surface area contributed by atoms with Gasteiger partial charge in [0.15, 0.2) is 0 Å². The number of H-pyrrole nitrogens is 1. The van der Waals surface area contributed by atoms with Crippen LogP contribution in [0.15, 0.2) is 52.4 Å². The minimum atomic E-state index is -0.348. The lowest BCUT2D eigenvalue weighted by atomic mass is 10.2. The Hall–Kier alpha value is -2.70. The van der Waals surface area contributed by atoms with E-state index in [1.807, 2.05) is 12.1 Å². The molecule has 0 aliphatic carbocycles. The third-order valence-corrected chi connectivity index (χ3v) is 4.30. The minimum absolute atomic E-state index is 0.0714. The average Bonchev–Trinajstić information content (AvgIpc) is 2.62. The number of hydrogen-bond acceptors (Lipinski definition) is 4. The molecule has 0 radical (unpaired) electrons. The van der Waals surface area contributed by atoms with Crippen LogP contribution < -0.4 is 11.0 Å². The fourth-order valence-corrected chi connectivity index (χ4v) is 2.82. The van der Waals surface area contributed by atoms with E-state index in [1.165, 1.54) is 6.21 Å². The van der Waals surface area contributed by atoms with Crippen LogP contribution in [0.25, 0.3) is 11.0 Å². The van der Waals surface area contributed by atoms with Crippen LogP contribution in [0.1, 0.15) is 17.7 Å². The van der Waals surface area contributed by atoms with E-state index in [0.29, 0.717) is 32.3 Å². The van der Waals surface area contributed by atoms with Crippen LogP contribution in [0, 0.1) is 0 Å². The van der Waals surface area contributed by atoms with Gasteiger partial charge in [-0.15, -0.1) is 0 Å². The normalized spacial score (nSPS) is 11.2. The summed E-state index contributed by atoms with van der Waals surface area (Å²) < 4.78 is 0. The number of rotatable bonds is 5. The lowest BCUT2D eigenvalue weighted by Gasteiger charge is -2.03. The van der Waals surface area contributed by atoms with Crippen molar-refractivity contribution >= 4 is 46.4 Å². The third kappa shape index (κ3) is 4.28. The standard InChI is InChI=1S/C18H14Cl2N4O2/c19-12-4-3-5-13(20)11(12)10-21-24-17(25)9-8-16-18(26)23-15-7-2-1-6-14(15)22-16/h1-7,10H,8-9H2,(H,23,26)(H,24,25)/b21-10+. The zero-order chi connectivity index (χ0) is 18.5. The maximum absolute atomic E-state index is 12.0. The molecule has 2 N–H and O–H groups in total. The molecule has 0 fully saturated rings. The molecular weight excluding hydrogens is 375 g/mol. The molecule has 3 rings (SSSR count). The van der Waals surface area contributed by atoms with E-state index < -0.39 is 0 Å². The Labute approximate surface area is 158 Å². The van der Waals surface area contributed by atoms with Gasteiger partial charge >= 0.3 is 0 Å². The van der Waals surface area contributed by atoms with Crippen molar-refractivity contribution in [2.75, 3.05) is 0 Å². The molecule has 1 amide bonds. The number of para-hydroxylation sites is 2. The van der Waals surface area contributed by atoms with Crippen LogP contribution in [-0.2, 0) is 11.2 Å². The Morgan fingerprint density at radius 3 is 2.65 bits per heavy atom. The predicted molar refractivity (Wildman–Crippen MR) is 103 cm³/mol. The molecule has 6 nitrogen and oxygen atoms in total. The largest absolute Gasteiger partial charge is 0.319 e. The van der Waals surface area contributed by atoms with Crippen molar-refractivity contribution in [3.05, 3.63) is 74.1 Å². The number of hydrazone groups is 1. The summed E-state index contributed by atoms with van der Waals surface area (Å²) in [6, 6.07) is 12.3. The van der Waals surface area contributed by atoms with Gasteiger partial charge in [-0.25, -0.2) is 10.4 Å². The first-order valence-corrected chi connectivity index (χ1v) is 8.54. The number of fused-ring (bicyclic) bond motifs is 1. The van der Waals surface area contributed by atoms with Gasteiger partial charge in [0.1, 0.15) is 5.69 Å². The maximum atomic E-state index is 12.0. The first kappa shape index (κ1) is 18.1. The Bertz CT molecular complexity index is 1030. The van der Waals surface area contributed by atoms with Gasteiger partial charge in [-0.2, -0.15) is 5.10 Å². The van der Waals surface area contributed by atoms with E-state index in [0.717, 1.165) is 0 Å². The number of hydrogen-bond donors (Lipinski definition) is 2. The Balaban J connectivity index is 1.62. The van der Waals surface area contributed by atoms with E-state index in [4.69, 9.17) is 23.2 Å². The lowest BCUT2D eigenvalue weighted by molar-refractivity contribution is -0.121. The number of carbonyl (C=O) groups is 1. The fourth-order valence-electron chi connectivity index (χ4n) is 2.33. The second kappa shape index (κ2) is 8.12. The molecule has 2 aromatic carbocycles. The number of aryl methyl sites for hydroxylation is 1. The van der Waals surface area contributed by atoms with Crippen LogP contribution in [0.2, 0.25) is 10.0 Å². The number of aromatic nitrogens is 2. The smallest absolute Gasteiger partial charge is 0.270 e. The van der Waals surface area contributed by atoms with Crippen molar-refractivity contribution in [2.45, 2.75) is 12.8 Å². The average molecular weight is 389 g/mol. The number of benzene rings is 2. The summed E-state index contributed by atoms with van der Waals surface area (Å²) in [7, 11) is 0. The van der Waals surface area contributed by atoms with E-state index in [2.05, 4.69) is 20.5 Å². The zero-order valence-electron chi connectivity index (χ0n) is 13.5. The molecule has 0 saturated carbocycles. The molecule has 8 heteroatoms. The fraction of sp³-hybridized carbons (Fsp3) is 0.111. The van der Waals surface area contributed by atoms with Gasteiger partial charge in [-0.1, -0.05) is 41.4 Å². The van der Waals surface area contributed by atoms with Crippen molar-refractivity contribution in [1.29, 1.82) is 0 Å². The van der Waals surface area contributed by atoms with Gasteiger partial charge in [-0.3, -0.25) is 9.59 Å². The number of nitrogens with one attached hydrogen (secondary N) is 2. The summed E-state index contributed by atoms with van der Waals surface area (Å²) >= 11 is 12.0. The molecule has 132 valence electrons. The van der Waals surface area contributed by atoms with Crippen molar-refractivity contribution in [3.63, 3.8) is 0 Å². The van der Waals surface area contributed by atoms with Gasteiger partial charge < -0.3 is 4.98 Å².